The predicted molar refractivity (Wildman–Crippen MR) is 101 cm³/mol. The molecule has 1 N–H and O–H groups in total. The Morgan fingerprint density at radius 1 is 1.33 bits per heavy atom. The van der Waals surface area contributed by atoms with E-state index in [1.165, 1.54) is 17.0 Å². The van der Waals surface area contributed by atoms with Crippen LogP contribution < -0.4 is 5.32 Å². The number of nitrogens with zero attached hydrogens (tertiary/aromatic N) is 1. The van der Waals surface area contributed by atoms with E-state index >= 15 is 0 Å². The molecule has 1 aliphatic heterocycles. The molecule has 27 heavy (non-hydrogen) atoms. The molecule has 0 bridgehead atoms. The molecule has 5 nitrogen and oxygen atoms in total. The second-order valence-corrected chi connectivity index (χ2v) is 7.93. The van der Waals surface area contributed by atoms with E-state index in [0.717, 1.165) is 19.3 Å². The predicted octanol–water partition coefficient (Wildman–Crippen LogP) is 3.49. The van der Waals surface area contributed by atoms with Crippen molar-refractivity contribution in [1.82, 2.24) is 10.2 Å². The van der Waals surface area contributed by atoms with Crippen molar-refractivity contribution >= 4 is 11.8 Å². The monoisotopic (exact) mass is 376 g/mol. The zero-order valence-corrected chi connectivity index (χ0v) is 16.3. The Balaban J connectivity index is 1.93. The van der Waals surface area contributed by atoms with E-state index in [4.69, 9.17) is 4.74 Å². The molecule has 1 aromatic rings. The SMILES string of the molecule is CC[C@H](C)NC(=O)[C@@H]1COC2(CCC(C)CC2)N1C(=O)c1ccccc1F. The fraction of sp³-hybridized carbons (Fsp3) is 0.619. The highest BCUT2D eigenvalue weighted by atomic mass is 19.1. The first-order valence-electron chi connectivity index (χ1n) is 9.90. The number of amides is 2. The van der Waals surface area contributed by atoms with Gasteiger partial charge in [0.15, 0.2) is 0 Å². The average molecular weight is 376 g/mol. The largest absolute Gasteiger partial charge is 0.353 e. The van der Waals surface area contributed by atoms with E-state index in [1.807, 2.05) is 13.8 Å². The Kier molecular flexibility index (Phi) is 5.84. The van der Waals surface area contributed by atoms with Gasteiger partial charge in [0, 0.05) is 6.04 Å². The fourth-order valence-electron chi connectivity index (χ4n) is 3.99. The van der Waals surface area contributed by atoms with Crippen LogP contribution in [0.5, 0.6) is 0 Å². The Morgan fingerprint density at radius 3 is 2.63 bits per heavy atom. The van der Waals surface area contributed by atoms with Crippen molar-refractivity contribution in [1.29, 1.82) is 0 Å². The molecule has 3 rings (SSSR count). The highest BCUT2D eigenvalue weighted by Gasteiger charge is 2.53. The number of nitrogens with one attached hydrogen (secondary N) is 1. The quantitative estimate of drug-likeness (QED) is 0.875. The summed E-state index contributed by atoms with van der Waals surface area (Å²) in [4.78, 5) is 27.7. The van der Waals surface area contributed by atoms with Crippen LogP contribution in [0.15, 0.2) is 24.3 Å². The third kappa shape index (κ3) is 3.86. The van der Waals surface area contributed by atoms with Gasteiger partial charge in [-0.15, -0.1) is 0 Å². The zero-order valence-electron chi connectivity index (χ0n) is 16.3. The van der Waals surface area contributed by atoms with Crippen LogP contribution in [-0.4, -0.2) is 41.1 Å². The van der Waals surface area contributed by atoms with Crippen molar-refractivity contribution in [2.75, 3.05) is 6.61 Å². The third-order valence-corrected chi connectivity index (χ3v) is 5.94. The van der Waals surface area contributed by atoms with Gasteiger partial charge in [0.05, 0.1) is 12.2 Å². The van der Waals surface area contributed by atoms with E-state index < -0.39 is 23.5 Å². The third-order valence-electron chi connectivity index (χ3n) is 5.94. The normalized spacial score (nSPS) is 29.0. The van der Waals surface area contributed by atoms with Crippen LogP contribution in [0.25, 0.3) is 0 Å². The van der Waals surface area contributed by atoms with Gasteiger partial charge >= 0.3 is 0 Å². The highest BCUT2D eigenvalue weighted by molar-refractivity contribution is 5.98. The van der Waals surface area contributed by atoms with Crippen LogP contribution in [0, 0.1) is 11.7 Å². The number of carbonyl (C=O) groups is 2. The van der Waals surface area contributed by atoms with E-state index in [-0.39, 0.29) is 24.1 Å². The number of carbonyl (C=O) groups excluding carboxylic acids is 2. The van der Waals surface area contributed by atoms with Gasteiger partial charge in [-0.25, -0.2) is 4.39 Å². The molecule has 148 valence electrons. The summed E-state index contributed by atoms with van der Waals surface area (Å²) in [5, 5.41) is 2.95. The lowest BCUT2D eigenvalue weighted by molar-refractivity contribution is -0.128. The number of halogens is 1. The molecule has 0 aromatic heterocycles. The van der Waals surface area contributed by atoms with Crippen molar-refractivity contribution in [2.24, 2.45) is 5.92 Å². The van der Waals surface area contributed by atoms with Gasteiger partial charge in [-0.3, -0.25) is 14.5 Å². The minimum atomic E-state index is -0.816. The van der Waals surface area contributed by atoms with Gasteiger partial charge in [-0.05, 0) is 57.1 Å². The standard InChI is InChI=1S/C21H29FN2O3/c1-4-15(3)23-19(25)18-13-27-21(11-9-14(2)10-12-21)24(18)20(26)16-7-5-6-8-17(16)22/h5-8,14-15,18H,4,9-13H2,1-3H3,(H,23,25)/t14?,15-,18-,21?/m0/s1. The Morgan fingerprint density at radius 2 is 2.00 bits per heavy atom. The lowest BCUT2D eigenvalue weighted by atomic mass is 9.83. The van der Waals surface area contributed by atoms with Crippen molar-refractivity contribution in [3.05, 3.63) is 35.6 Å². The second kappa shape index (κ2) is 7.97. The number of rotatable bonds is 4. The van der Waals surface area contributed by atoms with Crippen LogP contribution in [0.3, 0.4) is 0 Å². The summed E-state index contributed by atoms with van der Waals surface area (Å²) in [6, 6.07) is 5.20. The Hall–Kier alpha value is -1.95. The maximum Gasteiger partial charge on any atom is 0.259 e. The zero-order chi connectivity index (χ0) is 19.6. The van der Waals surface area contributed by atoms with Crippen molar-refractivity contribution in [3.8, 4) is 0 Å². The molecule has 1 spiro atoms. The first kappa shape index (κ1) is 19.8. The molecule has 2 amide bonds. The molecule has 2 aliphatic rings. The molecule has 0 radical (unpaired) electrons. The van der Waals surface area contributed by atoms with Crippen molar-refractivity contribution < 1.29 is 18.7 Å². The minimum Gasteiger partial charge on any atom is -0.353 e. The molecule has 1 aliphatic carbocycles. The Labute approximate surface area is 160 Å². The summed E-state index contributed by atoms with van der Waals surface area (Å²) < 4.78 is 20.4. The van der Waals surface area contributed by atoms with Gasteiger partial charge in [0.25, 0.3) is 5.91 Å². The van der Waals surface area contributed by atoms with E-state index in [1.54, 1.807) is 12.1 Å². The lowest BCUT2D eigenvalue weighted by Gasteiger charge is -2.43. The molecule has 1 aromatic carbocycles. The van der Waals surface area contributed by atoms with Crippen LogP contribution in [0.1, 0.15) is 63.2 Å². The van der Waals surface area contributed by atoms with Crippen LogP contribution in [-0.2, 0) is 9.53 Å². The van der Waals surface area contributed by atoms with Gasteiger partial charge in [0.2, 0.25) is 5.91 Å². The Bertz CT molecular complexity index is 700. The van der Waals surface area contributed by atoms with E-state index in [0.29, 0.717) is 18.8 Å². The second-order valence-electron chi connectivity index (χ2n) is 7.93. The number of hydrogen-bond acceptors (Lipinski definition) is 3. The van der Waals surface area contributed by atoms with Gasteiger partial charge in [-0.1, -0.05) is 26.0 Å². The molecule has 2 atom stereocenters. The molecular weight excluding hydrogens is 347 g/mol. The first-order valence-corrected chi connectivity index (χ1v) is 9.90. The van der Waals surface area contributed by atoms with Crippen LogP contribution >= 0.6 is 0 Å². The summed E-state index contributed by atoms with van der Waals surface area (Å²) >= 11 is 0. The smallest absolute Gasteiger partial charge is 0.259 e. The van der Waals surface area contributed by atoms with Crippen molar-refractivity contribution in [3.63, 3.8) is 0 Å². The van der Waals surface area contributed by atoms with E-state index in [2.05, 4.69) is 12.2 Å². The number of benzene rings is 1. The van der Waals surface area contributed by atoms with E-state index in [9.17, 15) is 14.0 Å². The maximum atomic E-state index is 14.3. The van der Waals surface area contributed by atoms with Gasteiger partial charge in [0.1, 0.15) is 17.6 Å². The topological polar surface area (TPSA) is 58.6 Å². The fourth-order valence-corrected chi connectivity index (χ4v) is 3.99. The first-order chi connectivity index (χ1) is 12.9. The molecule has 1 heterocycles. The average Bonchev–Trinajstić information content (AvgIpc) is 3.03. The molecule has 1 saturated heterocycles. The molecule has 6 heteroatoms. The summed E-state index contributed by atoms with van der Waals surface area (Å²) in [5.41, 5.74) is -0.828. The molecular formula is C21H29FN2O3. The number of hydrogen-bond donors (Lipinski definition) is 1. The molecule has 1 saturated carbocycles. The number of ether oxygens (including phenoxy) is 1. The highest BCUT2D eigenvalue weighted by Crippen LogP contribution is 2.43. The maximum absolute atomic E-state index is 14.3. The van der Waals surface area contributed by atoms with Gasteiger partial charge < -0.3 is 10.1 Å². The van der Waals surface area contributed by atoms with Crippen LogP contribution in [0.4, 0.5) is 4.39 Å². The summed E-state index contributed by atoms with van der Waals surface area (Å²) in [7, 11) is 0. The summed E-state index contributed by atoms with van der Waals surface area (Å²) in [6.07, 6.45) is 3.97. The minimum absolute atomic E-state index is 0.00541. The molecule has 2 fully saturated rings. The molecule has 0 unspecified atom stereocenters. The lowest BCUT2D eigenvalue weighted by Crippen LogP contribution is -2.57. The van der Waals surface area contributed by atoms with Crippen LogP contribution in [0.2, 0.25) is 0 Å². The van der Waals surface area contributed by atoms with Crippen molar-refractivity contribution in [2.45, 2.75) is 70.7 Å². The summed E-state index contributed by atoms with van der Waals surface area (Å²) in [5.74, 6) is -0.721. The van der Waals surface area contributed by atoms with Gasteiger partial charge in [-0.2, -0.15) is 0 Å². The summed E-state index contributed by atoms with van der Waals surface area (Å²) in [6.45, 7) is 6.24.